The second-order valence-corrected chi connectivity index (χ2v) is 6.37. The van der Waals surface area contributed by atoms with Gasteiger partial charge in [-0.3, -0.25) is 9.59 Å². The van der Waals surface area contributed by atoms with E-state index in [9.17, 15) is 9.59 Å². The maximum Gasteiger partial charge on any atom is 0.306 e. The molecule has 1 amide bonds. The molecule has 144 valence electrons. The van der Waals surface area contributed by atoms with E-state index in [0.717, 1.165) is 22.6 Å². The van der Waals surface area contributed by atoms with Crippen LogP contribution in [-0.4, -0.2) is 31.2 Å². The summed E-state index contributed by atoms with van der Waals surface area (Å²) in [6, 6.07) is 12.7. The maximum atomic E-state index is 12.2. The summed E-state index contributed by atoms with van der Waals surface area (Å²) >= 11 is 0. The standard InChI is InChI=1S/C21H25NO5/c1-14(21(24)25)12-15-4-7-17(8-5-15)22-20(23)11-6-16-13-18(26-2)9-10-19(16)27-3/h4-5,7-10,13-14H,6,11-12H2,1-3H3,(H,22,23)(H,24,25). The van der Waals surface area contributed by atoms with E-state index in [2.05, 4.69) is 5.32 Å². The van der Waals surface area contributed by atoms with Gasteiger partial charge in [-0.1, -0.05) is 19.1 Å². The highest BCUT2D eigenvalue weighted by atomic mass is 16.5. The summed E-state index contributed by atoms with van der Waals surface area (Å²) in [5, 5.41) is 11.8. The van der Waals surface area contributed by atoms with Crippen LogP contribution in [0.25, 0.3) is 0 Å². The lowest BCUT2D eigenvalue weighted by molar-refractivity contribution is -0.141. The summed E-state index contributed by atoms with van der Waals surface area (Å²) < 4.78 is 10.5. The minimum atomic E-state index is -0.819. The number of hydrogen-bond donors (Lipinski definition) is 2. The molecule has 2 aromatic carbocycles. The van der Waals surface area contributed by atoms with Crippen molar-refractivity contribution in [1.29, 1.82) is 0 Å². The maximum absolute atomic E-state index is 12.2. The second-order valence-electron chi connectivity index (χ2n) is 6.37. The van der Waals surface area contributed by atoms with Crippen molar-refractivity contribution in [2.45, 2.75) is 26.2 Å². The summed E-state index contributed by atoms with van der Waals surface area (Å²) in [7, 11) is 3.19. The second kappa shape index (κ2) is 9.62. The number of anilines is 1. The Balaban J connectivity index is 1.91. The Labute approximate surface area is 159 Å². The zero-order valence-electron chi connectivity index (χ0n) is 15.8. The fraction of sp³-hybridized carbons (Fsp3) is 0.333. The highest BCUT2D eigenvalue weighted by molar-refractivity contribution is 5.90. The molecule has 0 aliphatic carbocycles. The molecule has 0 radical (unpaired) electrons. The van der Waals surface area contributed by atoms with Gasteiger partial charge in [0.15, 0.2) is 0 Å². The van der Waals surface area contributed by atoms with Gasteiger partial charge in [-0.2, -0.15) is 0 Å². The summed E-state index contributed by atoms with van der Waals surface area (Å²) in [6.07, 6.45) is 1.29. The normalized spacial score (nSPS) is 11.5. The molecule has 0 aromatic heterocycles. The predicted octanol–water partition coefficient (Wildman–Crippen LogP) is 3.54. The molecular formula is C21H25NO5. The van der Waals surface area contributed by atoms with Crippen molar-refractivity contribution < 1.29 is 24.2 Å². The number of benzene rings is 2. The van der Waals surface area contributed by atoms with E-state index in [1.165, 1.54) is 0 Å². The molecule has 1 unspecified atom stereocenters. The number of amides is 1. The molecule has 27 heavy (non-hydrogen) atoms. The number of rotatable bonds is 9. The molecule has 0 aliphatic heterocycles. The van der Waals surface area contributed by atoms with Crippen molar-refractivity contribution >= 4 is 17.6 Å². The Kier molecular flexibility index (Phi) is 7.23. The molecule has 0 heterocycles. The zero-order chi connectivity index (χ0) is 19.8. The van der Waals surface area contributed by atoms with Gasteiger partial charge in [-0.15, -0.1) is 0 Å². The van der Waals surface area contributed by atoms with Crippen molar-refractivity contribution in [3.63, 3.8) is 0 Å². The van der Waals surface area contributed by atoms with Crippen LogP contribution in [0.1, 0.15) is 24.5 Å². The van der Waals surface area contributed by atoms with Gasteiger partial charge in [0.25, 0.3) is 0 Å². The average Bonchev–Trinajstić information content (AvgIpc) is 2.67. The SMILES string of the molecule is COc1ccc(OC)c(CCC(=O)Nc2ccc(CC(C)C(=O)O)cc2)c1. The zero-order valence-corrected chi connectivity index (χ0v) is 15.8. The highest BCUT2D eigenvalue weighted by Crippen LogP contribution is 2.25. The van der Waals surface area contributed by atoms with Crippen LogP contribution in [0.2, 0.25) is 0 Å². The van der Waals surface area contributed by atoms with Crippen LogP contribution in [-0.2, 0) is 22.4 Å². The summed E-state index contributed by atoms with van der Waals surface area (Å²) in [5.41, 5.74) is 2.51. The Hall–Kier alpha value is -3.02. The first-order valence-corrected chi connectivity index (χ1v) is 8.75. The van der Waals surface area contributed by atoms with Crippen molar-refractivity contribution in [3.05, 3.63) is 53.6 Å². The van der Waals surface area contributed by atoms with Crippen LogP contribution in [0, 0.1) is 5.92 Å². The first-order chi connectivity index (χ1) is 12.9. The lowest BCUT2D eigenvalue weighted by Gasteiger charge is -2.11. The van der Waals surface area contributed by atoms with Gasteiger partial charge in [0.2, 0.25) is 5.91 Å². The molecule has 6 heteroatoms. The van der Waals surface area contributed by atoms with Gasteiger partial charge in [-0.05, 0) is 54.3 Å². The minimum Gasteiger partial charge on any atom is -0.497 e. The fourth-order valence-electron chi connectivity index (χ4n) is 2.71. The van der Waals surface area contributed by atoms with Crippen LogP contribution in [0.4, 0.5) is 5.69 Å². The van der Waals surface area contributed by atoms with E-state index < -0.39 is 11.9 Å². The number of carboxylic acid groups (broad SMARTS) is 1. The van der Waals surface area contributed by atoms with Crippen LogP contribution >= 0.6 is 0 Å². The van der Waals surface area contributed by atoms with Crippen LogP contribution in [0.3, 0.4) is 0 Å². The molecule has 0 fully saturated rings. The van der Waals surface area contributed by atoms with Crippen LogP contribution in [0.5, 0.6) is 11.5 Å². The van der Waals surface area contributed by atoms with E-state index in [1.54, 1.807) is 33.3 Å². The predicted molar refractivity (Wildman–Crippen MR) is 103 cm³/mol. The van der Waals surface area contributed by atoms with Gasteiger partial charge in [0.05, 0.1) is 20.1 Å². The molecule has 0 bridgehead atoms. The third-order valence-corrected chi connectivity index (χ3v) is 4.31. The number of aryl methyl sites for hydroxylation is 1. The quantitative estimate of drug-likeness (QED) is 0.704. The van der Waals surface area contributed by atoms with Crippen LogP contribution < -0.4 is 14.8 Å². The van der Waals surface area contributed by atoms with E-state index >= 15 is 0 Å². The molecule has 1 atom stereocenters. The molecule has 2 N–H and O–H groups in total. The van der Waals surface area contributed by atoms with Gasteiger partial charge < -0.3 is 19.9 Å². The largest absolute Gasteiger partial charge is 0.497 e. The smallest absolute Gasteiger partial charge is 0.306 e. The van der Waals surface area contributed by atoms with Gasteiger partial charge in [-0.25, -0.2) is 0 Å². The molecule has 2 aromatic rings. The Bertz CT molecular complexity index is 786. The Morgan fingerprint density at radius 1 is 1.07 bits per heavy atom. The van der Waals surface area contributed by atoms with Crippen LogP contribution in [0.15, 0.2) is 42.5 Å². The van der Waals surface area contributed by atoms with E-state index in [4.69, 9.17) is 14.6 Å². The molecule has 0 saturated carbocycles. The number of ether oxygens (including phenoxy) is 2. The summed E-state index contributed by atoms with van der Waals surface area (Å²) in [5.74, 6) is 0.0769. The summed E-state index contributed by atoms with van der Waals surface area (Å²) in [6.45, 7) is 1.67. The van der Waals surface area contributed by atoms with Crippen molar-refractivity contribution in [3.8, 4) is 11.5 Å². The number of carboxylic acids is 1. The van der Waals surface area contributed by atoms with Crippen molar-refractivity contribution in [2.75, 3.05) is 19.5 Å². The van der Waals surface area contributed by atoms with Gasteiger partial charge in [0.1, 0.15) is 11.5 Å². The molecular weight excluding hydrogens is 346 g/mol. The molecule has 0 spiro atoms. The minimum absolute atomic E-state index is 0.105. The molecule has 0 saturated heterocycles. The fourth-order valence-corrected chi connectivity index (χ4v) is 2.71. The van der Waals surface area contributed by atoms with Gasteiger partial charge in [0, 0.05) is 12.1 Å². The first kappa shape index (κ1) is 20.3. The first-order valence-electron chi connectivity index (χ1n) is 8.75. The van der Waals surface area contributed by atoms with E-state index in [0.29, 0.717) is 24.9 Å². The highest BCUT2D eigenvalue weighted by Gasteiger charge is 2.12. The number of methoxy groups -OCH3 is 2. The number of carbonyl (C=O) groups is 2. The number of nitrogens with one attached hydrogen (secondary N) is 1. The molecule has 2 rings (SSSR count). The Morgan fingerprint density at radius 3 is 2.37 bits per heavy atom. The third-order valence-electron chi connectivity index (χ3n) is 4.31. The third kappa shape index (κ3) is 6.02. The van der Waals surface area contributed by atoms with E-state index in [1.807, 2.05) is 30.3 Å². The lowest BCUT2D eigenvalue weighted by Crippen LogP contribution is -2.13. The topological polar surface area (TPSA) is 84.9 Å². The number of aliphatic carboxylic acids is 1. The number of hydrogen-bond acceptors (Lipinski definition) is 4. The number of carbonyl (C=O) groups excluding carboxylic acids is 1. The summed E-state index contributed by atoms with van der Waals surface area (Å²) in [4.78, 5) is 23.1. The molecule has 6 nitrogen and oxygen atoms in total. The van der Waals surface area contributed by atoms with Gasteiger partial charge >= 0.3 is 5.97 Å². The van der Waals surface area contributed by atoms with Crippen molar-refractivity contribution in [1.82, 2.24) is 0 Å². The Morgan fingerprint density at radius 2 is 1.78 bits per heavy atom. The molecule has 0 aliphatic rings. The lowest BCUT2D eigenvalue weighted by atomic mass is 10.0. The monoisotopic (exact) mass is 371 g/mol. The van der Waals surface area contributed by atoms with E-state index in [-0.39, 0.29) is 5.91 Å². The average molecular weight is 371 g/mol. The van der Waals surface area contributed by atoms with Crippen molar-refractivity contribution in [2.24, 2.45) is 5.92 Å².